The van der Waals surface area contributed by atoms with Gasteiger partial charge in [-0.25, -0.2) is 9.38 Å². The van der Waals surface area contributed by atoms with Crippen molar-refractivity contribution in [1.82, 2.24) is 5.32 Å². The molecule has 2 rings (SSSR count). The molecule has 2 N–H and O–H groups in total. The highest BCUT2D eigenvalue weighted by Crippen LogP contribution is 2.25. The van der Waals surface area contributed by atoms with Crippen molar-refractivity contribution in [1.29, 1.82) is 0 Å². The van der Waals surface area contributed by atoms with Crippen molar-refractivity contribution in [3.63, 3.8) is 0 Å². The van der Waals surface area contributed by atoms with Crippen molar-refractivity contribution < 1.29 is 14.2 Å². The van der Waals surface area contributed by atoms with Gasteiger partial charge in [0.05, 0.1) is 12.6 Å². The van der Waals surface area contributed by atoms with E-state index in [2.05, 4.69) is 10.3 Å². The lowest BCUT2D eigenvalue weighted by atomic mass is 10.0. The summed E-state index contributed by atoms with van der Waals surface area (Å²) in [6.07, 6.45) is 0.638. The molecule has 0 spiro atoms. The summed E-state index contributed by atoms with van der Waals surface area (Å²) in [6, 6.07) is 4.20. The molecule has 0 aromatic heterocycles. The topological polar surface area (TPSA) is 53.9 Å². The predicted molar refractivity (Wildman–Crippen MR) is 57.9 cm³/mol. The molecular formula is C11H13FN2O2. The van der Waals surface area contributed by atoms with E-state index in [0.29, 0.717) is 24.6 Å². The summed E-state index contributed by atoms with van der Waals surface area (Å²) in [7, 11) is 1.60. The normalized spacial score (nSPS) is 22.6. The van der Waals surface area contributed by atoms with Crippen LogP contribution in [-0.4, -0.2) is 24.8 Å². The molecule has 1 heterocycles. The van der Waals surface area contributed by atoms with Crippen LogP contribution in [-0.2, 0) is 4.74 Å². The van der Waals surface area contributed by atoms with Crippen LogP contribution in [0.15, 0.2) is 23.2 Å². The fraction of sp³-hybridized carbons (Fsp3) is 0.364. The molecule has 0 bridgehead atoms. The van der Waals surface area contributed by atoms with Crippen LogP contribution in [0.2, 0.25) is 0 Å². The first-order valence-electron chi connectivity index (χ1n) is 5.05. The number of hydrogen-bond acceptors (Lipinski definition) is 3. The summed E-state index contributed by atoms with van der Waals surface area (Å²) in [5.41, 5.74) is 0.435. The fourth-order valence-electron chi connectivity index (χ4n) is 1.70. The first-order chi connectivity index (χ1) is 7.70. The minimum absolute atomic E-state index is 0.0553. The van der Waals surface area contributed by atoms with Crippen molar-refractivity contribution in [2.45, 2.75) is 12.5 Å². The maximum absolute atomic E-state index is 13.6. The zero-order valence-electron chi connectivity index (χ0n) is 8.90. The molecule has 4 nitrogen and oxygen atoms in total. The zero-order chi connectivity index (χ0) is 11.5. The molecule has 1 unspecified atom stereocenters. The molecule has 1 saturated heterocycles. The number of hydrogen-bond donors (Lipinski definition) is 2. The molecule has 0 radical (unpaired) electrons. The second kappa shape index (κ2) is 4.38. The monoisotopic (exact) mass is 224 g/mol. The van der Waals surface area contributed by atoms with E-state index in [-0.39, 0.29) is 17.6 Å². The Labute approximate surface area is 92.8 Å². The van der Waals surface area contributed by atoms with E-state index in [1.54, 1.807) is 7.05 Å². The van der Waals surface area contributed by atoms with Crippen LogP contribution in [0.3, 0.4) is 0 Å². The van der Waals surface area contributed by atoms with Crippen LogP contribution in [0, 0.1) is 5.82 Å². The van der Waals surface area contributed by atoms with Gasteiger partial charge in [0.2, 0.25) is 0 Å². The van der Waals surface area contributed by atoms with Gasteiger partial charge >= 0.3 is 0 Å². The number of aromatic hydroxyl groups is 1. The Bertz CT molecular complexity index is 420. The molecule has 1 aromatic rings. The molecule has 1 aliphatic rings. The van der Waals surface area contributed by atoms with Gasteiger partial charge in [0.15, 0.2) is 0 Å². The van der Waals surface area contributed by atoms with E-state index in [9.17, 15) is 9.50 Å². The quantitative estimate of drug-likeness (QED) is 0.761. The lowest BCUT2D eigenvalue weighted by Crippen LogP contribution is -2.36. The molecule has 0 saturated carbocycles. The molecule has 1 fully saturated rings. The number of amidine groups is 1. The van der Waals surface area contributed by atoms with Crippen LogP contribution >= 0.6 is 0 Å². The summed E-state index contributed by atoms with van der Waals surface area (Å²) in [5.74, 6) is -0.285. The third-order valence-electron chi connectivity index (χ3n) is 2.50. The number of phenols is 1. The van der Waals surface area contributed by atoms with Crippen molar-refractivity contribution in [2.24, 2.45) is 4.99 Å². The second-order valence-corrected chi connectivity index (χ2v) is 3.57. The Morgan fingerprint density at radius 1 is 1.56 bits per heavy atom. The number of aliphatic imine (C=N–C) groups is 1. The number of nitrogens with zero attached hydrogens (tertiary/aromatic N) is 1. The van der Waals surface area contributed by atoms with Gasteiger partial charge in [-0.05, 0) is 18.2 Å². The molecule has 1 aliphatic heterocycles. The van der Waals surface area contributed by atoms with Gasteiger partial charge < -0.3 is 15.2 Å². The maximum atomic E-state index is 13.6. The Morgan fingerprint density at radius 2 is 2.38 bits per heavy atom. The Hall–Kier alpha value is -1.78. The summed E-state index contributed by atoms with van der Waals surface area (Å²) < 4.78 is 18.8. The van der Waals surface area contributed by atoms with Gasteiger partial charge in [-0.1, -0.05) is 0 Å². The van der Waals surface area contributed by atoms with Crippen LogP contribution in [0.5, 0.6) is 5.75 Å². The van der Waals surface area contributed by atoms with Gasteiger partial charge in [-0.15, -0.1) is 0 Å². The average Bonchev–Trinajstić information content (AvgIpc) is 2.32. The van der Waals surface area contributed by atoms with E-state index in [1.807, 2.05) is 0 Å². The highest BCUT2D eigenvalue weighted by Gasteiger charge is 2.22. The molecule has 86 valence electrons. The summed E-state index contributed by atoms with van der Waals surface area (Å²) in [4.78, 5) is 3.87. The van der Waals surface area contributed by atoms with E-state index in [0.717, 1.165) is 0 Å². The highest BCUT2D eigenvalue weighted by atomic mass is 19.1. The number of ether oxygens (including phenoxy) is 1. The summed E-state index contributed by atoms with van der Waals surface area (Å²) in [6.45, 7) is 0.486. The Morgan fingerprint density at radius 3 is 3.12 bits per heavy atom. The van der Waals surface area contributed by atoms with E-state index >= 15 is 0 Å². The van der Waals surface area contributed by atoms with Crippen molar-refractivity contribution >= 4 is 6.02 Å². The number of rotatable bonds is 1. The maximum Gasteiger partial charge on any atom is 0.284 e. The van der Waals surface area contributed by atoms with Crippen molar-refractivity contribution in [3.8, 4) is 5.75 Å². The van der Waals surface area contributed by atoms with E-state index < -0.39 is 0 Å². The van der Waals surface area contributed by atoms with Gasteiger partial charge in [0.1, 0.15) is 11.6 Å². The van der Waals surface area contributed by atoms with E-state index in [1.165, 1.54) is 18.2 Å². The molecule has 0 amide bonds. The number of halogens is 1. The first-order valence-corrected chi connectivity index (χ1v) is 5.05. The molecule has 5 heteroatoms. The fourth-order valence-corrected chi connectivity index (χ4v) is 1.70. The van der Waals surface area contributed by atoms with Crippen molar-refractivity contribution in [2.75, 3.05) is 13.7 Å². The minimum atomic E-state index is -0.340. The summed E-state index contributed by atoms with van der Waals surface area (Å²) in [5, 5.41) is 12.3. The third kappa shape index (κ3) is 2.08. The number of benzene rings is 1. The third-order valence-corrected chi connectivity index (χ3v) is 2.50. The standard InChI is InChI=1S/C11H13FN2O2/c1-13-11-14-10(4-5-16-11)8-6-7(15)2-3-9(8)12/h2-3,6,10,15H,4-5H2,1H3,(H,13,14). The number of phenolic OH excluding ortho intramolecular Hbond substituents is 1. The van der Waals surface area contributed by atoms with Crippen LogP contribution in [0.1, 0.15) is 18.0 Å². The smallest absolute Gasteiger partial charge is 0.284 e. The molecule has 0 aliphatic carbocycles. The van der Waals surface area contributed by atoms with Gasteiger partial charge in [-0.3, -0.25) is 0 Å². The van der Waals surface area contributed by atoms with Crippen LogP contribution < -0.4 is 5.32 Å². The zero-order valence-corrected chi connectivity index (χ0v) is 8.90. The van der Waals surface area contributed by atoms with Gasteiger partial charge in [-0.2, -0.15) is 0 Å². The second-order valence-electron chi connectivity index (χ2n) is 3.57. The minimum Gasteiger partial charge on any atom is -0.508 e. The SMILES string of the molecule is CN=C1NC(c2cc(O)ccc2F)CCO1. The lowest BCUT2D eigenvalue weighted by Gasteiger charge is -2.26. The largest absolute Gasteiger partial charge is 0.508 e. The Balaban J connectivity index is 2.26. The molecule has 1 aromatic carbocycles. The van der Waals surface area contributed by atoms with Crippen LogP contribution in [0.25, 0.3) is 0 Å². The molecular weight excluding hydrogens is 211 g/mol. The van der Waals surface area contributed by atoms with Crippen molar-refractivity contribution in [3.05, 3.63) is 29.6 Å². The Kier molecular flexibility index (Phi) is 2.94. The van der Waals surface area contributed by atoms with Gasteiger partial charge in [0.25, 0.3) is 6.02 Å². The van der Waals surface area contributed by atoms with Crippen LogP contribution in [0.4, 0.5) is 4.39 Å². The first kappa shape index (κ1) is 10.7. The van der Waals surface area contributed by atoms with Gasteiger partial charge in [0, 0.05) is 19.0 Å². The predicted octanol–water partition coefficient (Wildman–Crippen LogP) is 1.57. The highest BCUT2D eigenvalue weighted by molar-refractivity contribution is 5.74. The van der Waals surface area contributed by atoms with E-state index in [4.69, 9.17) is 4.74 Å². The number of nitrogens with one attached hydrogen (secondary N) is 1. The molecule has 1 atom stereocenters. The average molecular weight is 224 g/mol. The summed E-state index contributed by atoms with van der Waals surface area (Å²) >= 11 is 0. The lowest BCUT2D eigenvalue weighted by molar-refractivity contribution is 0.225. The molecule has 16 heavy (non-hydrogen) atoms.